The highest BCUT2D eigenvalue weighted by Crippen LogP contribution is 2.19. The molecule has 24 heavy (non-hydrogen) atoms. The molecule has 0 bridgehead atoms. The largest absolute Gasteiger partial charge is 0.324 e. The molecule has 0 aliphatic carbocycles. The summed E-state index contributed by atoms with van der Waals surface area (Å²) in [7, 11) is 0. The number of amides is 1. The molecule has 7 nitrogen and oxygen atoms in total. The van der Waals surface area contributed by atoms with Crippen LogP contribution in [-0.4, -0.2) is 30.5 Å². The summed E-state index contributed by atoms with van der Waals surface area (Å²) >= 11 is 0. The van der Waals surface area contributed by atoms with E-state index in [4.69, 9.17) is 0 Å². The number of benzene rings is 1. The first-order valence-corrected chi connectivity index (χ1v) is 7.62. The van der Waals surface area contributed by atoms with Crippen molar-refractivity contribution in [2.75, 3.05) is 5.32 Å². The Balaban J connectivity index is 1.76. The summed E-state index contributed by atoms with van der Waals surface area (Å²) in [6, 6.07) is 9.54. The number of nitrogens with one attached hydrogen (secondary N) is 2. The Bertz CT molecular complexity index is 1060. The fraction of sp³-hybridized carbons (Fsp3) is 0.176. The fourth-order valence-corrected chi connectivity index (χ4v) is 2.87. The van der Waals surface area contributed by atoms with Gasteiger partial charge < -0.3 is 4.98 Å². The van der Waals surface area contributed by atoms with E-state index in [1.165, 1.54) is 0 Å². The topological polar surface area (TPSA) is 88.0 Å². The van der Waals surface area contributed by atoms with Gasteiger partial charge in [0.2, 0.25) is 5.95 Å². The summed E-state index contributed by atoms with van der Waals surface area (Å²) in [5.74, 6) is 0.128. The SMILES string of the molecule is Cc1cc(C)n2nc(C)c(C(=O)Nc3nc4ccccc4[nH]3)c2n1. The number of imidazole rings is 1. The maximum Gasteiger partial charge on any atom is 0.263 e. The number of H-pyrrole nitrogens is 1. The van der Waals surface area contributed by atoms with E-state index in [1.54, 1.807) is 11.4 Å². The molecule has 0 saturated carbocycles. The van der Waals surface area contributed by atoms with Gasteiger partial charge in [0.15, 0.2) is 5.65 Å². The standard InChI is InChI=1S/C17H16N6O/c1-9-8-10(2)23-15(18-9)14(11(3)22-23)16(24)21-17-19-12-6-4-5-7-13(12)20-17/h4-8H,1-3H3,(H2,19,20,21,24). The zero-order chi connectivity index (χ0) is 16.8. The molecule has 0 fully saturated rings. The van der Waals surface area contributed by atoms with E-state index >= 15 is 0 Å². The van der Waals surface area contributed by atoms with Gasteiger partial charge in [-0.15, -0.1) is 0 Å². The Morgan fingerprint density at radius 3 is 2.75 bits per heavy atom. The predicted molar refractivity (Wildman–Crippen MR) is 91.2 cm³/mol. The third kappa shape index (κ3) is 2.21. The van der Waals surface area contributed by atoms with Crippen molar-refractivity contribution in [3.8, 4) is 0 Å². The van der Waals surface area contributed by atoms with E-state index in [1.807, 2.05) is 44.2 Å². The minimum atomic E-state index is -0.279. The van der Waals surface area contributed by atoms with Crippen LogP contribution in [0, 0.1) is 20.8 Å². The first kappa shape index (κ1) is 14.4. The number of hydrogen-bond acceptors (Lipinski definition) is 4. The first-order chi connectivity index (χ1) is 11.5. The number of aromatic nitrogens is 5. The van der Waals surface area contributed by atoms with Gasteiger partial charge in [0.25, 0.3) is 5.91 Å². The highest BCUT2D eigenvalue weighted by molar-refractivity contribution is 6.08. The number of anilines is 1. The Kier molecular flexibility index (Phi) is 3.09. The number of aryl methyl sites for hydroxylation is 3. The van der Waals surface area contributed by atoms with Crippen LogP contribution in [0.2, 0.25) is 0 Å². The molecular weight excluding hydrogens is 304 g/mol. The van der Waals surface area contributed by atoms with Crippen molar-refractivity contribution in [2.24, 2.45) is 0 Å². The molecule has 1 aromatic carbocycles. The van der Waals surface area contributed by atoms with E-state index in [9.17, 15) is 4.79 Å². The minimum absolute atomic E-state index is 0.279. The third-order valence-electron chi connectivity index (χ3n) is 3.92. The molecule has 0 unspecified atom stereocenters. The number of nitrogens with zero attached hydrogens (tertiary/aromatic N) is 4. The molecule has 0 aliphatic heterocycles. The Morgan fingerprint density at radius 2 is 1.96 bits per heavy atom. The van der Waals surface area contributed by atoms with E-state index in [0.717, 1.165) is 22.4 Å². The van der Waals surface area contributed by atoms with Crippen LogP contribution in [0.4, 0.5) is 5.95 Å². The lowest BCUT2D eigenvalue weighted by Crippen LogP contribution is -2.14. The van der Waals surface area contributed by atoms with Crippen LogP contribution in [0.3, 0.4) is 0 Å². The first-order valence-electron chi connectivity index (χ1n) is 7.62. The molecule has 0 radical (unpaired) electrons. The van der Waals surface area contributed by atoms with Crippen molar-refractivity contribution in [3.63, 3.8) is 0 Å². The van der Waals surface area contributed by atoms with Gasteiger partial charge in [-0.1, -0.05) is 12.1 Å². The Morgan fingerprint density at radius 1 is 1.17 bits per heavy atom. The van der Waals surface area contributed by atoms with Gasteiger partial charge >= 0.3 is 0 Å². The molecule has 0 spiro atoms. The van der Waals surface area contributed by atoms with Crippen molar-refractivity contribution >= 4 is 28.5 Å². The maximum absolute atomic E-state index is 12.7. The quantitative estimate of drug-likeness (QED) is 0.594. The average molecular weight is 320 g/mol. The summed E-state index contributed by atoms with van der Waals surface area (Å²) in [4.78, 5) is 24.7. The second-order valence-corrected chi connectivity index (χ2v) is 5.79. The van der Waals surface area contributed by atoms with E-state index in [-0.39, 0.29) is 5.91 Å². The van der Waals surface area contributed by atoms with Crippen molar-refractivity contribution in [3.05, 3.63) is 53.0 Å². The predicted octanol–water partition coefficient (Wildman–Crippen LogP) is 2.78. The number of carbonyl (C=O) groups excluding carboxylic acids is 1. The van der Waals surface area contributed by atoms with Gasteiger partial charge in [-0.25, -0.2) is 14.5 Å². The van der Waals surface area contributed by atoms with E-state index < -0.39 is 0 Å². The second-order valence-electron chi connectivity index (χ2n) is 5.79. The highest BCUT2D eigenvalue weighted by Gasteiger charge is 2.20. The number of aromatic amines is 1. The van der Waals surface area contributed by atoms with Crippen LogP contribution in [-0.2, 0) is 0 Å². The lowest BCUT2D eigenvalue weighted by atomic mass is 10.2. The molecule has 3 heterocycles. The van der Waals surface area contributed by atoms with Crippen LogP contribution in [0.5, 0.6) is 0 Å². The number of hydrogen-bond donors (Lipinski definition) is 2. The van der Waals surface area contributed by atoms with Gasteiger partial charge in [0, 0.05) is 11.4 Å². The van der Waals surface area contributed by atoms with Gasteiger partial charge in [0.1, 0.15) is 5.56 Å². The molecule has 1 amide bonds. The van der Waals surface area contributed by atoms with Crippen molar-refractivity contribution in [1.29, 1.82) is 0 Å². The van der Waals surface area contributed by atoms with Gasteiger partial charge in [0.05, 0.1) is 16.7 Å². The molecular formula is C17H16N6O. The number of rotatable bonds is 2. The normalized spacial score (nSPS) is 11.3. The van der Waals surface area contributed by atoms with Crippen LogP contribution in [0.15, 0.2) is 30.3 Å². The molecule has 0 saturated heterocycles. The second kappa shape index (κ2) is 5.16. The average Bonchev–Trinajstić information content (AvgIpc) is 3.07. The maximum atomic E-state index is 12.7. The van der Waals surface area contributed by atoms with Crippen molar-refractivity contribution in [2.45, 2.75) is 20.8 Å². The molecule has 120 valence electrons. The smallest absolute Gasteiger partial charge is 0.263 e. The monoisotopic (exact) mass is 320 g/mol. The number of para-hydroxylation sites is 2. The summed E-state index contributed by atoms with van der Waals surface area (Å²) < 4.78 is 1.69. The molecule has 4 rings (SSSR count). The molecule has 3 aromatic heterocycles. The zero-order valence-corrected chi connectivity index (χ0v) is 13.6. The fourth-order valence-electron chi connectivity index (χ4n) is 2.87. The van der Waals surface area contributed by atoms with Crippen LogP contribution in [0.1, 0.15) is 27.4 Å². The highest BCUT2D eigenvalue weighted by atomic mass is 16.1. The summed E-state index contributed by atoms with van der Waals surface area (Å²) in [6.45, 7) is 5.64. The van der Waals surface area contributed by atoms with Crippen molar-refractivity contribution < 1.29 is 4.79 Å². The van der Waals surface area contributed by atoms with Gasteiger partial charge in [-0.3, -0.25) is 10.1 Å². The van der Waals surface area contributed by atoms with Gasteiger partial charge in [-0.05, 0) is 39.0 Å². The van der Waals surface area contributed by atoms with Crippen LogP contribution >= 0.6 is 0 Å². The third-order valence-corrected chi connectivity index (χ3v) is 3.92. The molecule has 0 aliphatic rings. The number of carbonyl (C=O) groups is 1. The summed E-state index contributed by atoms with van der Waals surface area (Å²) in [5.41, 5.74) is 5.09. The van der Waals surface area contributed by atoms with Gasteiger partial charge in [-0.2, -0.15) is 5.10 Å². The summed E-state index contributed by atoms with van der Waals surface area (Å²) in [5, 5.41) is 7.23. The molecule has 0 atom stereocenters. The minimum Gasteiger partial charge on any atom is -0.324 e. The number of fused-ring (bicyclic) bond motifs is 2. The van der Waals surface area contributed by atoms with Crippen molar-refractivity contribution in [1.82, 2.24) is 24.6 Å². The van der Waals surface area contributed by atoms with Crippen LogP contribution in [0.25, 0.3) is 16.7 Å². The lowest BCUT2D eigenvalue weighted by molar-refractivity contribution is 0.102. The summed E-state index contributed by atoms with van der Waals surface area (Å²) in [6.07, 6.45) is 0. The Hall–Kier alpha value is -3.22. The lowest BCUT2D eigenvalue weighted by Gasteiger charge is -2.03. The Labute approximate surface area is 137 Å². The zero-order valence-electron chi connectivity index (χ0n) is 13.6. The molecule has 7 heteroatoms. The molecule has 2 N–H and O–H groups in total. The molecule has 4 aromatic rings. The van der Waals surface area contributed by atoms with E-state index in [2.05, 4.69) is 25.4 Å². The van der Waals surface area contributed by atoms with Crippen LogP contribution < -0.4 is 5.32 Å². The van der Waals surface area contributed by atoms with E-state index in [0.29, 0.717) is 22.9 Å².